The van der Waals surface area contributed by atoms with Crippen LogP contribution in [0.25, 0.3) is 33.4 Å². The first-order valence-electron chi connectivity index (χ1n) is 22.4. The Labute approximate surface area is 384 Å². The summed E-state index contributed by atoms with van der Waals surface area (Å²) < 4.78 is 12.2. The van der Waals surface area contributed by atoms with Crippen LogP contribution in [0.3, 0.4) is 0 Å². The van der Waals surface area contributed by atoms with Gasteiger partial charge in [-0.25, -0.2) is 9.59 Å². The second kappa shape index (κ2) is 14.7. The molecule has 4 aliphatic rings. The summed E-state index contributed by atoms with van der Waals surface area (Å²) >= 11 is 0. The van der Waals surface area contributed by atoms with Crippen LogP contribution in [0.4, 0.5) is 34.1 Å². The van der Waals surface area contributed by atoms with Crippen LogP contribution in [0.5, 0.6) is 0 Å². The Balaban J connectivity index is 0.982. The average molecular weight is 857 g/mol. The van der Waals surface area contributed by atoms with E-state index in [1.54, 1.807) is 0 Å². The standard InChI is InChI=1S/C60H44N2O4/c1-59(2)45-33-39(37-17-9-5-10-18-37)25-29-49(45)61(43-21-13-7-14-22-43)51-31-27-41(35-47(51)59)53-55-56(66-57(53)63)54(58(64)65-55)42-28-32-52-48(36-42)60(3,4)46-34-40(38-19-11-6-12-20-38)26-30-50(46)62(52)44-23-15-8-16-24-44/h5-36H,1-4H3. The predicted molar refractivity (Wildman–Crippen MR) is 263 cm³/mol. The van der Waals surface area contributed by atoms with Crippen molar-refractivity contribution in [2.45, 2.75) is 38.5 Å². The lowest BCUT2D eigenvalue weighted by Gasteiger charge is -2.42. The quantitative estimate of drug-likeness (QED) is 0.155. The molecule has 318 valence electrons. The molecule has 4 heterocycles. The van der Waals surface area contributed by atoms with E-state index in [9.17, 15) is 9.59 Å². The van der Waals surface area contributed by atoms with Gasteiger partial charge in [-0.15, -0.1) is 0 Å². The van der Waals surface area contributed by atoms with E-state index in [4.69, 9.17) is 9.47 Å². The number of fused-ring (bicyclic) bond motifs is 5. The van der Waals surface area contributed by atoms with Gasteiger partial charge in [-0.3, -0.25) is 0 Å². The Hall–Kier alpha value is -8.22. The van der Waals surface area contributed by atoms with Gasteiger partial charge < -0.3 is 19.3 Å². The molecule has 0 amide bonds. The Morgan fingerprint density at radius 2 is 0.621 bits per heavy atom. The lowest BCUT2D eigenvalue weighted by Crippen LogP contribution is -2.31. The first-order chi connectivity index (χ1) is 32.1. The predicted octanol–water partition coefficient (Wildman–Crippen LogP) is 14.5. The number of benzene rings is 8. The van der Waals surface area contributed by atoms with E-state index in [2.05, 4.69) is 171 Å². The second-order valence-electron chi connectivity index (χ2n) is 18.4. The number of anilines is 6. The highest BCUT2D eigenvalue weighted by atomic mass is 16.6. The fraction of sp³-hybridized carbons (Fsp3) is 0.100. The van der Waals surface area contributed by atoms with E-state index < -0.39 is 22.8 Å². The highest BCUT2D eigenvalue weighted by Gasteiger charge is 2.46. The van der Waals surface area contributed by atoms with Crippen LogP contribution in [-0.2, 0) is 29.9 Å². The number of ether oxygens (including phenoxy) is 2. The van der Waals surface area contributed by atoms with Crippen LogP contribution in [0.2, 0.25) is 0 Å². The third-order valence-corrected chi connectivity index (χ3v) is 13.9. The minimum atomic E-state index is -0.554. The molecule has 12 rings (SSSR count). The lowest BCUT2D eigenvalue weighted by molar-refractivity contribution is -0.131. The molecule has 6 heteroatoms. The van der Waals surface area contributed by atoms with Gasteiger partial charge in [0.2, 0.25) is 0 Å². The maximum Gasteiger partial charge on any atom is 0.348 e. The summed E-state index contributed by atoms with van der Waals surface area (Å²) in [5.74, 6) is -0.802. The van der Waals surface area contributed by atoms with E-state index >= 15 is 0 Å². The maximum absolute atomic E-state index is 14.2. The zero-order valence-corrected chi connectivity index (χ0v) is 37.0. The summed E-state index contributed by atoms with van der Waals surface area (Å²) in [5.41, 5.74) is 15.9. The summed E-state index contributed by atoms with van der Waals surface area (Å²) in [6.45, 7) is 8.92. The molecule has 8 aromatic rings. The van der Waals surface area contributed by atoms with Crippen LogP contribution in [-0.4, -0.2) is 11.9 Å². The van der Waals surface area contributed by atoms with Crippen LogP contribution in [0, 0.1) is 0 Å². The topological polar surface area (TPSA) is 59.1 Å². The number of esters is 2. The Morgan fingerprint density at radius 1 is 0.333 bits per heavy atom. The minimum absolute atomic E-state index is 0.154. The Kier molecular flexibility index (Phi) is 8.75. The van der Waals surface area contributed by atoms with Crippen molar-refractivity contribution in [3.8, 4) is 22.3 Å². The van der Waals surface area contributed by atoms with Crippen LogP contribution >= 0.6 is 0 Å². The smallest absolute Gasteiger partial charge is 0.348 e. The van der Waals surface area contributed by atoms with Gasteiger partial charge in [-0.2, -0.15) is 0 Å². The second-order valence-corrected chi connectivity index (χ2v) is 18.4. The van der Waals surface area contributed by atoms with E-state index in [0.29, 0.717) is 11.1 Å². The fourth-order valence-electron chi connectivity index (χ4n) is 10.5. The van der Waals surface area contributed by atoms with Crippen LogP contribution in [0.15, 0.2) is 206 Å². The number of rotatable bonds is 6. The van der Waals surface area contributed by atoms with E-state index in [0.717, 1.165) is 78.6 Å². The molecule has 8 aromatic carbocycles. The summed E-state index contributed by atoms with van der Waals surface area (Å²) in [4.78, 5) is 32.9. The Bertz CT molecular complexity index is 3160. The molecular formula is C60H44N2O4. The molecule has 66 heavy (non-hydrogen) atoms. The number of hydrogen-bond donors (Lipinski definition) is 0. The molecule has 0 saturated heterocycles. The number of carbonyl (C=O) groups excluding carboxylic acids is 2. The molecular weight excluding hydrogens is 813 g/mol. The average Bonchev–Trinajstić information content (AvgIpc) is 3.84. The van der Waals surface area contributed by atoms with Gasteiger partial charge in [0.1, 0.15) is 11.1 Å². The van der Waals surface area contributed by atoms with E-state index in [1.165, 1.54) is 0 Å². The molecule has 4 aliphatic heterocycles. The van der Waals surface area contributed by atoms with E-state index in [1.807, 2.05) is 60.7 Å². The van der Waals surface area contributed by atoms with Gasteiger partial charge in [0.25, 0.3) is 0 Å². The van der Waals surface area contributed by atoms with Gasteiger partial charge in [-0.1, -0.05) is 149 Å². The van der Waals surface area contributed by atoms with Gasteiger partial charge in [0.15, 0.2) is 11.5 Å². The van der Waals surface area contributed by atoms with Gasteiger partial charge in [0, 0.05) is 22.2 Å². The van der Waals surface area contributed by atoms with Crippen LogP contribution in [0.1, 0.15) is 61.1 Å². The van der Waals surface area contributed by atoms with Crippen molar-refractivity contribution >= 4 is 57.2 Å². The molecule has 0 spiro atoms. The third kappa shape index (κ3) is 5.95. The summed E-state index contributed by atoms with van der Waals surface area (Å²) in [7, 11) is 0. The van der Waals surface area contributed by atoms with Gasteiger partial charge >= 0.3 is 11.9 Å². The Morgan fingerprint density at radius 3 is 0.955 bits per heavy atom. The fourth-order valence-corrected chi connectivity index (χ4v) is 10.5. The first-order valence-corrected chi connectivity index (χ1v) is 22.4. The molecule has 0 radical (unpaired) electrons. The maximum atomic E-state index is 14.2. The van der Waals surface area contributed by atoms with Crippen molar-refractivity contribution in [2.24, 2.45) is 0 Å². The first kappa shape index (κ1) is 39.4. The molecule has 0 N–H and O–H groups in total. The monoisotopic (exact) mass is 856 g/mol. The normalized spacial score (nSPS) is 16.2. The highest BCUT2D eigenvalue weighted by Crippen LogP contribution is 2.56. The molecule has 0 saturated carbocycles. The summed E-state index contributed by atoms with van der Waals surface area (Å²) in [6, 6.07) is 67.0. The van der Waals surface area contributed by atoms with Crippen molar-refractivity contribution < 1.29 is 19.1 Å². The summed E-state index contributed by atoms with van der Waals surface area (Å²) in [6.07, 6.45) is 0. The van der Waals surface area contributed by atoms with Crippen molar-refractivity contribution in [3.05, 3.63) is 239 Å². The molecule has 0 fully saturated rings. The molecule has 6 nitrogen and oxygen atoms in total. The highest BCUT2D eigenvalue weighted by molar-refractivity contribution is 6.29. The minimum Gasteiger partial charge on any atom is -0.418 e. The zero-order chi connectivity index (χ0) is 44.9. The van der Waals surface area contributed by atoms with Gasteiger partial charge in [0.05, 0.1) is 22.7 Å². The molecule has 0 aliphatic carbocycles. The van der Waals surface area contributed by atoms with Crippen molar-refractivity contribution in [2.75, 3.05) is 9.80 Å². The summed E-state index contributed by atoms with van der Waals surface area (Å²) in [5, 5.41) is 0. The number of carbonyl (C=O) groups is 2. The van der Waals surface area contributed by atoms with Crippen molar-refractivity contribution in [1.82, 2.24) is 0 Å². The van der Waals surface area contributed by atoms with Crippen molar-refractivity contribution in [1.29, 1.82) is 0 Å². The van der Waals surface area contributed by atoms with Gasteiger partial charge in [-0.05, 0) is 128 Å². The number of para-hydroxylation sites is 2. The van der Waals surface area contributed by atoms with Crippen LogP contribution < -0.4 is 9.80 Å². The third-order valence-electron chi connectivity index (χ3n) is 13.9. The number of nitrogens with zero attached hydrogens (tertiary/aromatic N) is 2. The largest absolute Gasteiger partial charge is 0.418 e. The molecule has 0 aromatic heterocycles. The lowest BCUT2D eigenvalue weighted by atomic mass is 9.72. The molecule has 0 unspecified atom stereocenters. The van der Waals surface area contributed by atoms with E-state index in [-0.39, 0.29) is 22.7 Å². The zero-order valence-electron chi connectivity index (χ0n) is 37.0. The number of hydrogen-bond acceptors (Lipinski definition) is 6. The molecule has 0 bridgehead atoms. The van der Waals surface area contributed by atoms with Crippen molar-refractivity contribution in [3.63, 3.8) is 0 Å². The SMILES string of the molecule is CC1(C)c2cc(C3=C4OC(=O)C(c5ccc6c(c5)C(C)(C)c5cc(-c7ccccc7)ccc5N6c5ccccc5)=C4OC3=O)ccc2N(c2ccccc2)c2ccc(-c3ccccc3)cc21. The molecule has 0 atom stereocenters.